The lowest BCUT2D eigenvalue weighted by Gasteiger charge is -2.34. The number of anilines is 1. The van der Waals surface area contributed by atoms with E-state index >= 15 is 0 Å². The van der Waals surface area contributed by atoms with Crippen LogP contribution in [-0.2, 0) is 20.9 Å². The van der Waals surface area contributed by atoms with Gasteiger partial charge in [0.05, 0.1) is 30.3 Å². The molecule has 0 aromatic heterocycles. The largest absolute Gasteiger partial charge is 0.494 e. The number of hydrogen-bond donors (Lipinski definition) is 1. The molecule has 2 aromatic carbocycles. The van der Waals surface area contributed by atoms with Gasteiger partial charge in [0, 0.05) is 46.2 Å². The molecule has 2 aromatic rings. The topological polar surface area (TPSA) is 95.8 Å². The second-order valence-electron chi connectivity index (χ2n) is 9.76. The first-order valence-corrected chi connectivity index (χ1v) is 15.0. The van der Waals surface area contributed by atoms with Crippen molar-refractivity contribution >= 4 is 32.2 Å². The SMILES string of the molecule is C=NN=C.C=O.CC.CCOc1ccc(F)cc1COCC1CCCC(CN/C(C=O)=C(\C)N(C)N(C)c2ccccc2)C1. The molecule has 0 spiro atoms. The smallest absolute Gasteiger partial charge is 0.167 e. The van der Waals surface area contributed by atoms with E-state index in [0.29, 0.717) is 43.1 Å². The maximum atomic E-state index is 13.7. The van der Waals surface area contributed by atoms with Crippen molar-refractivity contribution in [1.29, 1.82) is 0 Å². The highest BCUT2D eigenvalue weighted by Gasteiger charge is 2.23. The molecule has 3 rings (SSSR count). The highest BCUT2D eigenvalue weighted by molar-refractivity contribution is 5.73. The summed E-state index contributed by atoms with van der Waals surface area (Å²) in [7, 11) is 3.94. The van der Waals surface area contributed by atoms with Gasteiger partial charge in [-0.15, -0.1) is 0 Å². The number of halogens is 1. The van der Waals surface area contributed by atoms with Crippen molar-refractivity contribution in [2.75, 3.05) is 38.9 Å². The summed E-state index contributed by atoms with van der Waals surface area (Å²) in [5.74, 6) is 1.32. The summed E-state index contributed by atoms with van der Waals surface area (Å²) in [6.07, 6.45) is 5.34. The molecule has 0 bridgehead atoms. The quantitative estimate of drug-likeness (QED) is 0.110. The van der Waals surface area contributed by atoms with E-state index in [9.17, 15) is 9.18 Å². The van der Waals surface area contributed by atoms with Crippen LogP contribution in [0.5, 0.6) is 5.75 Å². The molecular weight excluding hydrogens is 561 g/mol. The fourth-order valence-corrected chi connectivity index (χ4v) is 4.76. The van der Waals surface area contributed by atoms with Crippen LogP contribution in [0.4, 0.5) is 10.1 Å². The van der Waals surface area contributed by atoms with Gasteiger partial charge < -0.3 is 19.6 Å². The Morgan fingerprint density at radius 1 is 1.07 bits per heavy atom. The van der Waals surface area contributed by atoms with E-state index in [4.69, 9.17) is 14.3 Å². The first-order chi connectivity index (χ1) is 21.3. The number of benzene rings is 2. The van der Waals surface area contributed by atoms with E-state index in [1.807, 2.05) is 88.9 Å². The van der Waals surface area contributed by atoms with Crippen LogP contribution in [0.1, 0.15) is 58.9 Å². The third-order valence-electron chi connectivity index (χ3n) is 7.08. The molecule has 2 unspecified atom stereocenters. The number of rotatable bonds is 14. The summed E-state index contributed by atoms with van der Waals surface area (Å²) < 4.78 is 25.3. The molecule has 0 aliphatic heterocycles. The van der Waals surface area contributed by atoms with Gasteiger partial charge in [-0.25, -0.2) is 4.39 Å². The standard InChI is InChI=1S/C29H40FN3O3.C2H4N2.C2H6.CH2O/c1-5-36-29-15-14-26(30)17-25(29)21-35-20-24-11-9-10-23(16-24)18-31-28(19-34)22(2)32(3)33(4)27-12-7-6-8-13-27;1-3-4-2;2*1-2/h6-8,12-15,17,19,23-24,31H,5,9-11,16,18,20-21H2,1-4H3;1-2H2;1-2H3;1H2/b28-22+;;;. The van der Waals surface area contributed by atoms with E-state index in [-0.39, 0.29) is 5.82 Å². The zero-order chi connectivity index (χ0) is 33.3. The van der Waals surface area contributed by atoms with Gasteiger partial charge in [0.2, 0.25) is 0 Å². The van der Waals surface area contributed by atoms with Crippen LogP contribution in [0.2, 0.25) is 0 Å². The Balaban J connectivity index is 0.00000210. The second kappa shape index (κ2) is 24.4. The predicted molar refractivity (Wildman–Crippen MR) is 180 cm³/mol. The molecule has 0 heterocycles. The number of hydrogen-bond acceptors (Lipinski definition) is 9. The van der Waals surface area contributed by atoms with Gasteiger partial charge in [-0.1, -0.05) is 38.5 Å². The van der Waals surface area contributed by atoms with Crippen molar-refractivity contribution in [3.8, 4) is 5.75 Å². The maximum absolute atomic E-state index is 13.7. The Labute approximate surface area is 263 Å². The van der Waals surface area contributed by atoms with Crippen molar-refractivity contribution in [1.82, 2.24) is 10.3 Å². The van der Waals surface area contributed by atoms with Crippen molar-refractivity contribution in [2.45, 2.75) is 60.0 Å². The summed E-state index contributed by atoms with van der Waals surface area (Å²) in [6, 6.07) is 14.6. The molecule has 1 fully saturated rings. The highest BCUT2D eigenvalue weighted by Crippen LogP contribution is 2.30. The van der Waals surface area contributed by atoms with Crippen LogP contribution < -0.4 is 15.1 Å². The molecule has 1 aliphatic rings. The Bertz CT molecular complexity index is 1110. The minimum Gasteiger partial charge on any atom is -0.494 e. The lowest BCUT2D eigenvalue weighted by atomic mass is 9.82. The van der Waals surface area contributed by atoms with E-state index < -0.39 is 0 Å². The normalized spacial score (nSPS) is 15.6. The lowest BCUT2D eigenvalue weighted by molar-refractivity contribution is -0.105. The highest BCUT2D eigenvalue weighted by atomic mass is 19.1. The molecule has 1 saturated carbocycles. The predicted octanol–water partition coefficient (Wildman–Crippen LogP) is 6.69. The monoisotopic (exact) mass is 613 g/mol. The van der Waals surface area contributed by atoms with Crippen molar-refractivity contribution in [2.24, 2.45) is 22.0 Å². The Morgan fingerprint density at radius 2 is 1.70 bits per heavy atom. The van der Waals surface area contributed by atoms with Gasteiger partial charge in [0.25, 0.3) is 0 Å². The van der Waals surface area contributed by atoms with Crippen molar-refractivity contribution in [3.63, 3.8) is 0 Å². The third kappa shape index (κ3) is 14.4. The zero-order valence-corrected chi connectivity index (χ0v) is 27.4. The number of nitrogens with one attached hydrogen (secondary N) is 1. The molecule has 10 heteroatoms. The van der Waals surface area contributed by atoms with Crippen LogP contribution in [0, 0.1) is 17.7 Å². The van der Waals surface area contributed by atoms with Crippen LogP contribution in [0.25, 0.3) is 0 Å². The Morgan fingerprint density at radius 3 is 2.30 bits per heavy atom. The number of para-hydroxylation sites is 1. The van der Waals surface area contributed by atoms with E-state index in [2.05, 4.69) is 29.0 Å². The van der Waals surface area contributed by atoms with Crippen LogP contribution in [-0.4, -0.2) is 65.4 Å². The zero-order valence-electron chi connectivity index (χ0n) is 27.4. The van der Waals surface area contributed by atoms with Gasteiger partial charge in [-0.3, -0.25) is 14.8 Å². The average Bonchev–Trinajstić information content (AvgIpc) is 3.08. The fraction of sp³-hybridized carbons (Fsp3) is 0.471. The van der Waals surface area contributed by atoms with Crippen LogP contribution in [0.3, 0.4) is 0 Å². The molecule has 9 nitrogen and oxygen atoms in total. The summed E-state index contributed by atoms with van der Waals surface area (Å²) in [6.45, 7) is 18.1. The summed E-state index contributed by atoms with van der Waals surface area (Å²) in [5, 5.41) is 13.4. The number of aldehydes is 1. The molecule has 244 valence electrons. The number of carbonyl (C=O) groups excluding carboxylic acids is 2. The van der Waals surface area contributed by atoms with Gasteiger partial charge in [-0.05, 0) is 75.3 Å². The fourth-order valence-electron chi connectivity index (χ4n) is 4.76. The molecule has 44 heavy (non-hydrogen) atoms. The number of allylic oxidation sites excluding steroid dienone is 2. The summed E-state index contributed by atoms with van der Waals surface area (Å²) in [4.78, 5) is 19.9. The van der Waals surface area contributed by atoms with Gasteiger partial charge in [0.1, 0.15) is 18.4 Å². The second-order valence-corrected chi connectivity index (χ2v) is 9.76. The Hall–Kier alpha value is -4.05. The molecule has 1 aliphatic carbocycles. The van der Waals surface area contributed by atoms with Crippen LogP contribution >= 0.6 is 0 Å². The molecule has 0 saturated heterocycles. The maximum Gasteiger partial charge on any atom is 0.167 e. The molecule has 0 amide bonds. The van der Waals surface area contributed by atoms with Crippen molar-refractivity contribution < 1.29 is 23.5 Å². The molecular formula is C34H52FN5O4. The molecule has 2 atom stereocenters. The number of ether oxygens (including phenoxy) is 2. The number of carbonyl (C=O) groups is 2. The third-order valence-corrected chi connectivity index (χ3v) is 7.08. The van der Waals surface area contributed by atoms with E-state index in [1.54, 1.807) is 6.07 Å². The summed E-state index contributed by atoms with van der Waals surface area (Å²) >= 11 is 0. The van der Waals surface area contributed by atoms with Gasteiger partial charge >= 0.3 is 0 Å². The first-order valence-electron chi connectivity index (χ1n) is 15.0. The lowest BCUT2D eigenvalue weighted by Crippen LogP contribution is -2.38. The minimum atomic E-state index is -0.282. The number of nitrogens with zero attached hydrogens (tertiary/aromatic N) is 4. The molecule has 0 radical (unpaired) electrons. The number of hydrazine groups is 1. The van der Waals surface area contributed by atoms with E-state index in [0.717, 1.165) is 55.5 Å². The Kier molecular flexibility index (Phi) is 22.2. The van der Waals surface area contributed by atoms with Gasteiger partial charge in [-0.2, -0.15) is 10.2 Å². The minimum absolute atomic E-state index is 0.282. The van der Waals surface area contributed by atoms with Crippen LogP contribution in [0.15, 0.2) is 70.1 Å². The first kappa shape index (κ1) is 40.0. The molecule has 1 N–H and O–H groups in total. The van der Waals surface area contributed by atoms with Crippen molar-refractivity contribution in [3.05, 3.63) is 71.3 Å². The van der Waals surface area contributed by atoms with E-state index in [1.165, 1.54) is 12.1 Å². The summed E-state index contributed by atoms with van der Waals surface area (Å²) in [5.41, 5.74) is 3.26. The van der Waals surface area contributed by atoms with Gasteiger partial charge in [0.15, 0.2) is 6.29 Å². The average molecular weight is 614 g/mol.